The smallest absolute Gasteiger partial charge is 0.309 e. The van der Waals surface area contributed by atoms with E-state index in [4.69, 9.17) is 4.74 Å². The van der Waals surface area contributed by atoms with Crippen LogP contribution in [0.5, 0.6) is 0 Å². The normalized spacial score (nSPS) is 50.5. The Hall–Kier alpha value is -1.65. The van der Waals surface area contributed by atoms with Gasteiger partial charge < -0.3 is 9.84 Å². The van der Waals surface area contributed by atoms with Crippen LogP contribution in [0.15, 0.2) is 11.6 Å². The molecule has 206 valence electrons. The van der Waals surface area contributed by atoms with E-state index >= 15 is 0 Å². The van der Waals surface area contributed by atoms with Crippen LogP contribution in [-0.4, -0.2) is 28.9 Å². The Labute approximate surface area is 223 Å². The highest BCUT2D eigenvalue weighted by atomic mass is 16.5. The fourth-order valence-electron chi connectivity index (χ4n) is 10.8. The van der Waals surface area contributed by atoms with Gasteiger partial charge in [-0.1, -0.05) is 47.1 Å². The monoisotopic (exact) mass is 512 g/mol. The Bertz CT molecular complexity index is 1070. The van der Waals surface area contributed by atoms with Gasteiger partial charge in [-0.15, -0.1) is 0 Å². The maximum Gasteiger partial charge on any atom is 0.309 e. The summed E-state index contributed by atoms with van der Waals surface area (Å²) in [4.78, 5) is 38.5. The van der Waals surface area contributed by atoms with Crippen LogP contribution >= 0.6 is 0 Å². The second-order valence-electron chi connectivity index (χ2n) is 15.5. The van der Waals surface area contributed by atoms with Crippen molar-refractivity contribution in [3.63, 3.8) is 0 Å². The highest BCUT2D eigenvalue weighted by Gasteiger charge is 2.70. The number of rotatable bonds is 2. The first-order valence-electron chi connectivity index (χ1n) is 14.6. The lowest BCUT2D eigenvalue weighted by Gasteiger charge is -2.70. The minimum Gasteiger partial charge on any atom is -0.481 e. The van der Waals surface area contributed by atoms with Crippen molar-refractivity contribution in [1.29, 1.82) is 0 Å². The van der Waals surface area contributed by atoms with Gasteiger partial charge in [0, 0.05) is 18.3 Å². The third kappa shape index (κ3) is 3.43. The van der Waals surface area contributed by atoms with Crippen molar-refractivity contribution < 1.29 is 24.2 Å². The quantitative estimate of drug-likeness (QED) is 0.404. The molecule has 5 aliphatic rings. The summed E-state index contributed by atoms with van der Waals surface area (Å²) in [6.45, 7) is 17.4. The molecular weight excluding hydrogens is 464 g/mol. The number of fused-ring (bicyclic) bond motifs is 7. The van der Waals surface area contributed by atoms with E-state index in [-0.39, 0.29) is 56.8 Å². The van der Waals surface area contributed by atoms with Crippen molar-refractivity contribution in [3.05, 3.63) is 11.6 Å². The van der Waals surface area contributed by atoms with Crippen LogP contribution in [0.2, 0.25) is 0 Å². The number of carboxylic acids is 1. The number of carbonyl (C=O) groups is 3. The van der Waals surface area contributed by atoms with Crippen LogP contribution in [0.4, 0.5) is 0 Å². The molecule has 5 heteroatoms. The van der Waals surface area contributed by atoms with Gasteiger partial charge in [-0.2, -0.15) is 0 Å². The first kappa shape index (κ1) is 26.9. The van der Waals surface area contributed by atoms with E-state index in [0.29, 0.717) is 18.8 Å². The molecule has 5 aliphatic carbocycles. The van der Waals surface area contributed by atoms with E-state index in [2.05, 4.69) is 41.5 Å². The van der Waals surface area contributed by atoms with Gasteiger partial charge in [0.05, 0.1) is 5.41 Å². The zero-order valence-electron chi connectivity index (χ0n) is 24.3. The zero-order valence-corrected chi connectivity index (χ0v) is 24.3. The molecule has 4 fully saturated rings. The van der Waals surface area contributed by atoms with Crippen LogP contribution < -0.4 is 0 Å². The first-order valence-corrected chi connectivity index (χ1v) is 14.6. The van der Waals surface area contributed by atoms with Gasteiger partial charge in [0.1, 0.15) is 6.10 Å². The molecule has 1 N–H and O–H groups in total. The van der Waals surface area contributed by atoms with Crippen molar-refractivity contribution in [2.45, 2.75) is 119 Å². The second-order valence-corrected chi connectivity index (χ2v) is 15.5. The van der Waals surface area contributed by atoms with Gasteiger partial charge in [0.25, 0.3) is 0 Å². The maximum atomic E-state index is 14.4. The molecule has 0 heterocycles. The minimum atomic E-state index is -0.729. The summed E-state index contributed by atoms with van der Waals surface area (Å²) < 4.78 is 5.82. The fourth-order valence-corrected chi connectivity index (χ4v) is 10.8. The van der Waals surface area contributed by atoms with Crippen LogP contribution in [0.1, 0.15) is 113 Å². The maximum absolute atomic E-state index is 14.4. The average Bonchev–Trinajstić information content (AvgIpc) is 2.78. The van der Waals surface area contributed by atoms with Crippen molar-refractivity contribution in [2.75, 3.05) is 0 Å². The van der Waals surface area contributed by atoms with E-state index in [9.17, 15) is 19.5 Å². The molecule has 0 aliphatic heterocycles. The van der Waals surface area contributed by atoms with Gasteiger partial charge in [-0.3, -0.25) is 14.4 Å². The molecule has 0 bridgehead atoms. The molecule has 1 unspecified atom stereocenters. The van der Waals surface area contributed by atoms with E-state index in [1.54, 1.807) is 0 Å². The van der Waals surface area contributed by atoms with E-state index in [0.717, 1.165) is 44.9 Å². The molecule has 0 amide bonds. The molecule has 0 aromatic carbocycles. The second kappa shape index (κ2) is 7.94. The predicted molar refractivity (Wildman–Crippen MR) is 143 cm³/mol. The lowest BCUT2D eigenvalue weighted by Crippen LogP contribution is -2.66. The summed E-state index contributed by atoms with van der Waals surface area (Å²) in [6, 6.07) is 0. The van der Waals surface area contributed by atoms with Gasteiger partial charge in [-0.25, -0.2) is 0 Å². The molecule has 4 saturated carbocycles. The molecule has 0 radical (unpaired) electrons. The van der Waals surface area contributed by atoms with Crippen LogP contribution in [0.3, 0.4) is 0 Å². The number of esters is 1. The number of carboxylic acid groups (broad SMARTS) is 1. The van der Waals surface area contributed by atoms with Crippen molar-refractivity contribution in [3.8, 4) is 0 Å². The number of carbonyl (C=O) groups excluding carboxylic acids is 2. The van der Waals surface area contributed by atoms with Crippen molar-refractivity contribution >= 4 is 17.7 Å². The topological polar surface area (TPSA) is 80.7 Å². The summed E-state index contributed by atoms with van der Waals surface area (Å²) in [5.41, 5.74) is -0.0327. The van der Waals surface area contributed by atoms with Gasteiger partial charge in [-0.05, 0) is 104 Å². The third-order valence-corrected chi connectivity index (χ3v) is 13.3. The molecular formula is C32H48O5. The number of aliphatic carboxylic acids is 1. The molecule has 9 atom stereocenters. The van der Waals surface area contributed by atoms with Crippen LogP contribution in [-0.2, 0) is 19.1 Å². The van der Waals surface area contributed by atoms with E-state index in [1.807, 2.05) is 13.0 Å². The van der Waals surface area contributed by atoms with E-state index < -0.39 is 11.4 Å². The number of ether oxygens (including phenoxy) is 1. The van der Waals surface area contributed by atoms with Crippen LogP contribution in [0.25, 0.3) is 0 Å². The Kier molecular flexibility index (Phi) is 5.78. The van der Waals surface area contributed by atoms with Gasteiger partial charge in [0.15, 0.2) is 5.78 Å². The molecule has 37 heavy (non-hydrogen) atoms. The third-order valence-electron chi connectivity index (χ3n) is 13.3. The molecule has 5 nitrogen and oxygen atoms in total. The van der Waals surface area contributed by atoms with Gasteiger partial charge in [0.2, 0.25) is 0 Å². The number of allylic oxidation sites excluding steroid dienone is 2. The summed E-state index contributed by atoms with van der Waals surface area (Å²) in [7, 11) is 0. The van der Waals surface area contributed by atoms with Crippen LogP contribution in [0, 0.1) is 50.2 Å². The van der Waals surface area contributed by atoms with E-state index in [1.165, 1.54) is 12.5 Å². The summed E-state index contributed by atoms with van der Waals surface area (Å²) >= 11 is 0. The lowest BCUT2D eigenvalue weighted by molar-refractivity contribution is -0.210. The number of ketones is 1. The zero-order chi connectivity index (χ0) is 27.4. The Morgan fingerprint density at radius 1 is 0.919 bits per heavy atom. The SMILES string of the molecule is CC(=O)O[C@H]1CC[C@@]2(C)C(CC[C@]3(C)[C@@H]2C(=O)C=C2[C@@H]4C[C@@](C)(C(=O)O)CC[C@]4(C)CC[C@]23C)C1(C)C. The van der Waals surface area contributed by atoms with Crippen molar-refractivity contribution in [1.82, 2.24) is 0 Å². The average molecular weight is 513 g/mol. The molecule has 0 aromatic rings. The largest absolute Gasteiger partial charge is 0.481 e. The standard InChI is InChI=1S/C32H48O5/c1-19(33)37-24-10-11-30(6)23(27(24,2)3)9-12-32(8)25(30)22(34)17-20-21-18-29(5,26(35)36)14-13-28(21,4)15-16-31(20,32)7/h17,21,23-25H,9-16,18H2,1-8H3,(H,35,36)/t21-,23?,24-,25+,28+,29-,30-,31+,32+/m0/s1. The summed E-state index contributed by atoms with van der Waals surface area (Å²) in [5.74, 6) is -0.280. The van der Waals surface area contributed by atoms with Crippen molar-refractivity contribution in [2.24, 2.45) is 50.2 Å². The summed E-state index contributed by atoms with van der Waals surface area (Å²) in [5, 5.41) is 10.1. The summed E-state index contributed by atoms with van der Waals surface area (Å²) in [6.07, 6.45) is 10.0. The Morgan fingerprint density at radius 2 is 1.57 bits per heavy atom. The highest BCUT2D eigenvalue weighted by molar-refractivity contribution is 5.95. The predicted octanol–water partition coefficient (Wildman–Crippen LogP) is 6.98. The van der Waals surface area contributed by atoms with Gasteiger partial charge >= 0.3 is 11.9 Å². The molecule has 0 spiro atoms. The fraction of sp³-hybridized carbons (Fsp3) is 0.844. The molecule has 0 aromatic heterocycles. The highest BCUT2D eigenvalue weighted by Crippen LogP contribution is 2.75. The molecule has 5 rings (SSSR count). The Balaban J connectivity index is 1.58. The first-order chi connectivity index (χ1) is 16.9. The number of hydrogen-bond acceptors (Lipinski definition) is 4. The number of hydrogen-bond donors (Lipinski definition) is 1. The minimum absolute atomic E-state index is 0.0644. The Morgan fingerprint density at radius 3 is 2.19 bits per heavy atom. The molecule has 0 saturated heterocycles. The lowest BCUT2D eigenvalue weighted by atomic mass is 9.33.